The van der Waals surface area contributed by atoms with E-state index in [-0.39, 0.29) is 17.9 Å². The summed E-state index contributed by atoms with van der Waals surface area (Å²) in [6, 6.07) is 3.96. The first kappa shape index (κ1) is 15.9. The van der Waals surface area contributed by atoms with Gasteiger partial charge in [-0.3, -0.25) is 4.79 Å². The smallest absolute Gasteiger partial charge is 0.227 e. The van der Waals surface area contributed by atoms with Gasteiger partial charge in [0.05, 0.1) is 6.42 Å². The van der Waals surface area contributed by atoms with Crippen molar-refractivity contribution in [1.29, 1.82) is 0 Å². The third kappa shape index (κ3) is 4.24. The molecule has 1 aliphatic heterocycles. The number of piperidine rings is 1. The standard InChI is InChI=1S/C16H22F2N2O/c1-2-20(11-12-5-4-8-19-10-12)15(21)9-13-6-3-7-14(17)16(13)18/h3,6-7,12,19H,2,4-5,8-11H2,1H3. The molecule has 2 rings (SSSR count). The van der Waals surface area contributed by atoms with Crippen molar-refractivity contribution in [2.24, 2.45) is 5.92 Å². The third-order valence-electron chi connectivity index (χ3n) is 3.99. The molecule has 0 saturated carbocycles. The Morgan fingerprint density at radius 1 is 1.43 bits per heavy atom. The molecule has 3 nitrogen and oxygen atoms in total. The summed E-state index contributed by atoms with van der Waals surface area (Å²) in [5.41, 5.74) is 0.125. The van der Waals surface area contributed by atoms with Crippen molar-refractivity contribution in [1.82, 2.24) is 10.2 Å². The molecule has 1 unspecified atom stereocenters. The van der Waals surface area contributed by atoms with E-state index in [9.17, 15) is 13.6 Å². The Kier molecular flexibility index (Phi) is 5.67. The van der Waals surface area contributed by atoms with Crippen LogP contribution in [-0.4, -0.2) is 37.0 Å². The van der Waals surface area contributed by atoms with Gasteiger partial charge in [-0.1, -0.05) is 12.1 Å². The van der Waals surface area contributed by atoms with Crippen LogP contribution >= 0.6 is 0 Å². The molecule has 1 heterocycles. The molecule has 0 aliphatic carbocycles. The van der Waals surface area contributed by atoms with E-state index in [2.05, 4.69) is 5.32 Å². The van der Waals surface area contributed by atoms with Crippen molar-refractivity contribution >= 4 is 5.91 Å². The monoisotopic (exact) mass is 296 g/mol. The largest absolute Gasteiger partial charge is 0.342 e. The second-order valence-electron chi connectivity index (χ2n) is 5.53. The normalized spacial score (nSPS) is 18.5. The van der Waals surface area contributed by atoms with Gasteiger partial charge in [0.1, 0.15) is 0 Å². The molecule has 0 bridgehead atoms. The molecule has 21 heavy (non-hydrogen) atoms. The van der Waals surface area contributed by atoms with Crippen molar-refractivity contribution in [2.45, 2.75) is 26.2 Å². The van der Waals surface area contributed by atoms with Crippen LogP contribution in [0.5, 0.6) is 0 Å². The van der Waals surface area contributed by atoms with Crippen molar-refractivity contribution in [3.05, 3.63) is 35.4 Å². The van der Waals surface area contributed by atoms with Gasteiger partial charge in [0, 0.05) is 18.7 Å². The zero-order valence-corrected chi connectivity index (χ0v) is 12.4. The molecule has 1 aliphatic rings. The number of benzene rings is 1. The van der Waals surface area contributed by atoms with E-state index < -0.39 is 11.6 Å². The Morgan fingerprint density at radius 2 is 2.24 bits per heavy atom. The van der Waals surface area contributed by atoms with Crippen molar-refractivity contribution in [3.8, 4) is 0 Å². The number of carbonyl (C=O) groups excluding carboxylic acids is 1. The van der Waals surface area contributed by atoms with Gasteiger partial charge in [0.25, 0.3) is 0 Å². The Labute approximate surface area is 124 Å². The lowest BCUT2D eigenvalue weighted by Crippen LogP contribution is -2.41. The van der Waals surface area contributed by atoms with E-state index in [0.29, 0.717) is 19.0 Å². The van der Waals surface area contributed by atoms with Crippen LogP contribution in [0.3, 0.4) is 0 Å². The van der Waals surface area contributed by atoms with Crippen LogP contribution in [0.2, 0.25) is 0 Å². The zero-order chi connectivity index (χ0) is 15.2. The zero-order valence-electron chi connectivity index (χ0n) is 12.4. The van der Waals surface area contributed by atoms with Gasteiger partial charge < -0.3 is 10.2 Å². The predicted octanol–water partition coefficient (Wildman–Crippen LogP) is 2.36. The summed E-state index contributed by atoms with van der Waals surface area (Å²) in [7, 11) is 0. The maximum atomic E-state index is 13.6. The SMILES string of the molecule is CCN(CC1CCCNC1)C(=O)Cc1cccc(F)c1F. The first-order valence-corrected chi connectivity index (χ1v) is 7.53. The van der Waals surface area contributed by atoms with Crippen LogP contribution in [0, 0.1) is 17.6 Å². The average Bonchev–Trinajstić information content (AvgIpc) is 2.50. The molecule has 5 heteroatoms. The number of carbonyl (C=O) groups is 1. The van der Waals surface area contributed by atoms with Crippen molar-refractivity contribution in [3.63, 3.8) is 0 Å². The van der Waals surface area contributed by atoms with E-state index >= 15 is 0 Å². The molecule has 116 valence electrons. The van der Waals surface area contributed by atoms with Gasteiger partial charge in [0.2, 0.25) is 5.91 Å². The van der Waals surface area contributed by atoms with Crippen molar-refractivity contribution < 1.29 is 13.6 Å². The topological polar surface area (TPSA) is 32.3 Å². The van der Waals surface area contributed by atoms with Gasteiger partial charge in [-0.25, -0.2) is 8.78 Å². The molecule has 0 radical (unpaired) electrons. The molecule has 1 N–H and O–H groups in total. The number of halogens is 2. The molecule has 0 aromatic heterocycles. The van der Waals surface area contributed by atoms with Gasteiger partial charge in [-0.05, 0) is 44.8 Å². The lowest BCUT2D eigenvalue weighted by Gasteiger charge is -2.29. The van der Waals surface area contributed by atoms with E-state index in [1.54, 1.807) is 4.90 Å². The molecular formula is C16H22F2N2O. The molecule has 1 fully saturated rings. The molecule has 0 spiro atoms. The maximum absolute atomic E-state index is 13.6. The number of likely N-dealkylation sites (N-methyl/N-ethyl adjacent to an activating group) is 1. The second-order valence-corrected chi connectivity index (χ2v) is 5.53. The highest BCUT2D eigenvalue weighted by molar-refractivity contribution is 5.78. The number of nitrogens with one attached hydrogen (secondary N) is 1. The Morgan fingerprint density at radius 3 is 2.90 bits per heavy atom. The number of rotatable bonds is 5. The van der Waals surface area contributed by atoms with E-state index in [1.807, 2.05) is 6.92 Å². The molecule has 1 saturated heterocycles. The second kappa shape index (κ2) is 7.50. The van der Waals surface area contributed by atoms with Crippen LogP contribution in [0.15, 0.2) is 18.2 Å². The average molecular weight is 296 g/mol. The number of hydrogen-bond donors (Lipinski definition) is 1. The van der Waals surface area contributed by atoms with Crippen LogP contribution in [0.25, 0.3) is 0 Å². The van der Waals surface area contributed by atoms with Gasteiger partial charge in [0.15, 0.2) is 11.6 Å². The lowest BCUT2D eigenvalue weighted by molar-refractivity contribution is -0.131. The van der Waals surface area contributed by atoms with E-state index in [0.717, 1.165) is 32.0 Å². The Hall–Kier alpha value is -1.49. The van der Waals surface area contributed by atoms with E-state index in [1.165, 1.54) is 12.1 Å². The summed E-state index contributed by atoms with van der Waals surface area (Å²) in [6.07, 6.45) is 2.14. The molecule has 1 amide bonds. The summed E-state index contributed by atoms with van der Waals surface area (Å²) < 4.78 is 26.8. The minimum atomic E-state index is -0.916. The summed E-state index contributed by atoms with van der Waals surface area (Å²) >= 11 is 0. The maximum Gasteiger partial charge on any atom is 0.227 e. The van der Waals surface area contributed by atoms with Crippen molar-refractivity contribution in [2.75, 3.05) is 26.2 Å². The summed E-state index contributed by atoms with van der Waals surface area (Å²) in [6.45, 7) is 5.13. The first-order chi connectivity index (χ1) is 10.1. The van der Waals surface area contributed by atoms with Gasteiger partial charge in [-0.15, -0.1) is 0 Å². The summed E-state index contributed by atoms with van der Waals surface area (Å²) in [4.78, 5) is 14.0. The quantitative estimate of drug-likeness (QED) is 0.904. The molecular weight excluding hydrogens is 274 g/mol. The first-order valence-electron chi connectivity index (χ1n) is 7.53. The lowest BCUT2D eigenvalue weighted by atomic mass is 9.98. The summed E-state index contributed by atoms with van der Waals surface area (Å²) in [5.74, 6) is -1.52. The van der Waals surface area contributed by atoms with Gasteiger partial charge >= 0.3 is 0 Å². The van der Waals surface area contributed by atoms with Crippen LogP contribution in [0.1, 0.15) is 25.3 Å². The highest BCUT2D eigenvalue weighted by atomic mass is 19.2. The van der Waals surface area contributed by atoms with Crippen LogP contribution in [-0.2, 0) is 11.2 Å². The number of amides is 1. The fourth-order valence-electron chi connectivity index (χ4n) is 2.76. The summed E-state index contributed by atoms with van der Waals surface area (Å²) in [5, 5.41) is 3.32. The molecule has 1 aromatic rings. The van der Waals surface area contributed by atoms with Gasteiger partial charge in [-0.2, -0.15) is 0 Å². The Bertz CT molecular complexity index is 487. The highest BCUT2D eigenvalue weighted by Gasteiger charge is 2.21. The Balaban J connectivity index is 1.97. The fraction of sp³-hybridized carbons (Fsp3) is 0.562. The third-order valence-corrected chi connectivity index (χ3v) is 3.99. The van der Waals surface area contributed by atoms with Crippen LogP contribution < -0.4 is 5.32 Å². The highest BCUT2D eigenvalue weighted by Crippen LogP contribution is 2.15. The van der Waals surface area contributed by atoms with E-state index in [4.69, 9.17) is 0 Å². The number of hydrogen-bond acceptors (Lipinski definition) is 2. The predicted molar refractivity (Wildman–Crippen MR) is 77.9 cm³/mol. The number of nitrogens with zero attached hydrogens (tertiary/aromatic N) is 1. The minimum Gasteiger partial charge on any atom is -0.342 e. The molecule has 1 atom stereocenters. The van der Waals surface area contributed by atoms with Crippen LogP contribution in [0.4, 0.5) is 8.78 Å². The molecule has 1 aromatic carbocycles. The minimum absolute atomic E-state index is 0.0857. The fourth-order valence-corrected chi connectivity index (χ4v) is 2.76.